The lowest BCUT2D eigenvalue weighted by molar-refractivity contribution is -0.142. The molecule has 2 aliphatic rings. The van der Waals surface area contributed by atoms with E-state index in [1.807, 2.05) is 0 Å². The van der Waals surface area contributed by atoms with Gasteiger partial charge in [-0.2, -0.15) is 5.10 Å². The van der Waals surface area contributed by atoms with E-state index in [1.165, 1.54) is 0 Å². The quantitative estimate of drug-likeness (QED) is 0.814. The van der Waals surface area contributed by atoms with E-state index in [-0.39, 0.29) is 18.1 Å². The molecule has 3 atom stereocenters. The van der Waals surface area contributed by atoms with E-state index in [4.69, 9.17) is 0 Å². The minimum absolute atomic E-state index is 0.0732. The van der Waals surface area contributed by atoms with Crippen LogP contribution in [-0.2, 0) is 18.3 Å². The molecule has 3 heterocycles. The molecule has 2 aliphatic heterocycles. The fourth-order valence-electron chi connectivity index (χ4n) is 3.44. The molecule has 8 nitrogen and oxygen atoms in total. The van der Waals surface area contributed by atoms with Crippen LogP contribution in [0, 0.1) is 5.92 Å². The van der Waals surface area contributed by atoms with Gasteiger partial charge in [0, 0.05) is 32.1 Å². The molecule has 1 aromatic heterocycles. The van der Waals surface area contributed by atoms with Gasteiger partial charge in [0.25, 0.3) is 0 Å². The van der Waals surface area contributed by atoms with Crippen LogP contribution in [-0.4, -0.2) is 55.4 Å². The Morgan fingerprint density at radius 3 is 2.90 bits per heavy atom. The van der Waals surface area contributed by atoms with E-state index in [0.717, 1.165) is 12.8 Å². The van der Waals surface area contributed by atoms with Crippen molar-refractivity contribution in [3.63, 3.8) is 0 Å². The van der Waals surface area contributed by atoms with Crippen LogP contribution in [0.25, 0.3) is 0 Å². The molecule has 114 valence electrons. The highest BCUT2D eigenvalue weighted by molar-refractivity contribution is 5.79. The Bertz CT molecular complexity index is 558. The molecule has 0 saturated carbocycles. The second-order valence-electron chi connectivity index (χ2n) is 5.70. The van der Waals surface area contributed by atoms with Gasteiger partial charge in [-0.05, 0) is 19.3 Å². The molecule has 3 rings (SSSR count). The molecule has 2 N–H and O–H groups in total. The third-order valence-corrected chi connectivity index (χ3v) is 4.36. The summed E-state index contributed by atoms with van der Waals surface area (Å²) >= 11 is 0. The number of carbonyl (C=O) groups is 2. The summed E-state index contributed by atoms with van der Waals surface area (Å²) in [5.41, 5.74) is 0. The molecule has 3 unspecified atom stereocenters. The molecule has 0 aliphatic carbocycles. The van der Waals surface area contributed by atoms with Gasteiger partial charge < -0.3 is 15.3 Å². The maximum Gasteiger partial charge on any atom is 0.317 e. The first-order valence-corrected chi connectivity index (χ1v) is 7.19. The van der Waals surface area contributed by atoms with Gasteiger partial charge in [-0.25, -0.2) is 9.78 Å². The standard InChI is InChI=1S/C13H19N5O3/c1-17-7-15-11(16-17)4-5-14-13(21)18-8-2-3-10(18)9(6-8)12(19)20/h7-10H,2-6H2,1H3,(H,14,21)(H,19,20). The molecule has 0 spiro atoms. The van der Waals surface area contributed by atoms with Crippen LogP contribution in [0.3, 0.4) is 0 Å². The highest BCUT2D eigenvalue weighted by Crippen LogP contribution is 2.41. The summed E-state index contributed by atoms with van der Waals surface area (Å²) in [5, 5.41) is 16.2. The van der Waals surface area contributed by atoms with Gasteiger partial charge in [0.15, 0.2) is 5.82 Å². The van der Waals surface area contributed by atoms with Crippen LogP contribution in [0.15, 0.2) is 6.33 Å². The van der Waals surface area contributed by atoms with Crippen molar-refractivity contribution in [2.75, 3.05) is 6.54 Å². The molecule has 2 saturated heterocycles. The number of rotatable bonds is 4. The Morgan fingerprint density at radius 1 is 1.48 bits per heavy atom. The topological polar surface area (TPSA) is 100 Å². The molecule has 0 aromatic carbocycles. The highest BCUT2D eigenvalue weighted by atomic mass is 16.4. The van der Waals surface area contributed by atoms with Gasteiger partial charge in [-0.15, -0.1) is 0 Å². The van der Waals surface area contributed by atoms with Crippen molar-refractivity contribution < 1.29 is 14.7 Å². The Hall–Kier alpha value is -2.12. The normalized spacial score (nSPS) is 27.1. The molecule has 1 aromatic rings. The minimum Gasteiger partial charge on any atom is -0.481 e. The van der Waals surface area contributed by atoms with Gasteiger partial charge in [-0.3, -0.25) is 9.48 Å². The molecule has 0 radical (unpaired) electrons. The summed E-state index contributed by atoms with van der Waals surface area (Å²) in [4.78, 5) is 29.3. The Balaban J connectivity index is 1.53. The monoisotopic (exact) mass is 293 g/mol. The maximum atomic E-state index is 12.2. The van der Waals surface area contributed by atoms with Gasteiger partial charge >= 0.3 is 12.0 Å². The first-order valence-electron chi connectivity index (χ1n) is 7.19. The van der Waals surface area contributed by atoms with Crippen molar-refractivity contribution in [1.82, 2.24) is 25.0 Å². The van der Waals surface area contributed by atoms with E-state index in [0.29, 0.717) is 25.2 Å². The number of hydrogen-bond donors (Lipinski definition) is 2. The number of aromatic nitrogens is 3. The zero-order valence-corrected chi connectivity index (χ0v) is 11.9. The van der Waals surface area contributed by atoms with Crippen molar-refractivity contribution >= 4 is 12.0 Å². The fraction of sp³-hybridized carbons (Fsp3) is 0.692. The average Bonchev–Trinajstić information content (AvgIpc) is 3.12. The van der Waals surface area contributed by atoms with E-state index in [9.17, 15) is 14.7 Å². The van der Waals surface area contributed by atoms with Crippen LogP contribution in [0.2, 0.25) is 0 Å². The van der Waals surface area contributed by atoms with Crippen molar-refractivity contribution in [2.24, 2.45) is 13.0 Å². The summed E-state index contributed by atoms with van der Waals surface area (Å²) in [7, 11) is 1.79. The van der Waals surface area contributed by atoms with Gasteiger partial charge in [0.05, 0.1) is 5.92 Å². The first kappa shape index (κ1) is 13.8. The van der Waals surface area contributed by atoms with Crippen molar-refractivity contribution in [1.29, 1.82) is 0 Å². The lowest BCUT2D eigenvalue weighted by Gasteiger charge is -2.23. The van der Waals surface area contributed by atoms with Crippen LogP contribution in [0.5, 0.6) is 0 Å². The third kappa shape index (κ3) is 2.57. The number of amides is 2. The largest absolute Gasteiger partial charge is 0.481 e. The molecular formula is C13H19N5O3. The van der Waals surface area contributed by atoms with Crippen molar-refractivity contribution in [2.45, 2.75) is 37.8 Å². The number of carboxylic acid groups (broad SMARTS) is 1. The predicted molar refractivity (Wildman–Crippen MR) is 72.5 cm³/mol. The van der Waals surface area contributed by atoms with Crippen LogP contribution < -0.4 is 5.32 Å². The van der Waals surface area contributed by atoms with Crippen LogP contribution in [0.1, 0.15) is 25.1 Å². The number of carboxylic acids is 1. The summed E-state index contributed by atoms with van der Waals surface area (Å²) in [6.07, 6.45) is 4.46. The predicted octanol–water partition coefficient (Wildman–Crippen LogP) is 0.00470. The molecular weight excluding hydrogens is 274 g/mol. The second kappa shape index (κ2) is 5.34. The van der Waals surface area contributed by atoms with E-state index < -0.39 is 11.9 Å². The smallest absolute Gasteiger partial charge is 0.317 e. The Morgan fingerprint density at radius 2 is 2.29 bits per heavy atom. The molecule has 2 bridgehead atoms. The number of carbonyl (C=O) groups excluding carboxylic acids is 1. The zero-order valence-electron chi connectivity index (χ0n) is 11.9. The average molecular weight is 293 g/mol. The zero-order chi connectivity index (χ0) is 15.0. The second-order valence-corrected chi connectivity index (χ2v) is 5.70. The maximum absolute atomic E-state index is 12.2. The summed E-state index contributed by atoms with van der Waals surface area (Å²) in [5.74, 6) is -0.518. The van der Waals surface area contributed by atoms with Gasteiger partial charge in [-0.1, -0.05) is 0 Å². The lowest BCUT2D eigenvalue weighted by Crippen LogP contribution is -2.44. The SMILES string of the molecule is Cn1cnc(CCNC(=O)N2C3CCC2C(C(=O)O)C3)n1. The lowest BCUT2D eigenvalue weighted by atomic mass is 9.89. The number of fused-ring (bicyclic) bond motifs is 2. The Labute approximate surface area is 122 Å². The van der Waals surface area contributed by atoms with Crippen LogP contribution in [0.4, 0.5) is 4.79 Å². The van der Waals surface area contributed by atoms with Gasteiger partial charge in [0.2, 0.25) is 0 Å². The number of aryl methyl sites for hydroxylation is 1. The molecule has 2 fully saturated rings. The summed E-state index contributed by atoms with van der Waals surface area (Å²) in [6.45, 7) is 0.455. The number of aliphatic carboxylic acids is 1. The molecule has 21 heavy (non-hydrogen) atoms. The summed E-state index contributed by atoms with van der Waals surface area (Å²) < 4.78 is 1.62. The molecule has 2 amide bonds. The van der Waals surface area contributed by atoms with E-state index in [1.54, 1.807) is 23.0 Å². The van der Waals surface area contributed by atoms with Crippen LogP contribution >= 0.6 is 0 Å². The minimum atomic E-state index is -0.794. The van der Waals surface area contributed by atoms with Gasteiger partial charge in [0.1, 0.15) is 6.33 Å². The third-order valence-electron chi connectivity index (χ3n) is 4.36. The highest BCUT2D eigenvalue weighted by Gasteiger charge is 2.51. The number of nitrogens with one attached hydrogen (secondary N) is 1. The van der Waals surface area contributed by atoms with Crippen molar-refractivity contribution in [3.05, 3.63) is 12.2 Å². The number of hydrogen-bond acceptors (Lipinski definition) is 4. The Kier molecular flexibility index (Phi) is 3.52. The fourth-order valence-corrected chi connectivity index (χ4v) is 3.44. The van der Waals surface area contributed by atoms with Crippen molar-refractivity contribution in [3.8, 4) is 0 Å². The first-order chi connectivity index (χ1) is 10.1. The van der Waals surface area contributed by atoms with E-state index in [2.05, 4.69) is 15.4 Å². The number of urea groups is 1. The van der Waals surface area contributed by atoms with E-state index >= 15 is 0 Å². The summed E-state index contributed by atoms with van der Waals surface area (Å²) in [6, 6.07) is -0.244. The molecule has 8 heteroatoms. The number of nitrogens with zero attached hydrogens (tertiary/aromatic N) is 4.